The first kappa shape index (κ1) is 10.8. The minimum atomic E-state index is 0.0381. The van der Waals surface area contributed by atoms with E-state index in [0.717, 1.165) is 24.3 Å². The summed E-state index contributed by atoms with van der Waals surface area (Å²) < 4.78 is 5.43. The number of nitrogens with one attached hydrogen (secondary N) is 1. The van der Waals surface area contributed by atoms with Crippen LogP contribution in [-0.2, 0) is 0 Å². The van der Waals surface area contributed by atoms with E-state index >= 15 is 0 Å². The van der Waals surface area contributed by atoms with Crippen molar-refractivity contribution in [2.75, 3.05) is 6.54 Å². The van der Waals surface area contributed by atoms with Gasteiger partial charge in [0.1, 0.15) is 12.1 Å². The second-order valence-corrected chi connectivity index (χ2v) is 3.57. The van der Waals surface area contributed by atoms with Crippen molar-refractivity contribution in [3.05, 3.63) is 48.4 Å². The van der Waals surface area contributed by atoms with Crippen LogP contribution in [0.5, 0.6) is 0 Å². The van der Waals surface area contributed by atoms with Gasteiger partial charge in [-0.25, -0.2) is 9.97 Å². The molecule has 16 heavy (non-hydrogen) atoms. The van der Waals surface area contributed by atoms with Gasteiger partial charge in [-0.3, -0.25) is 0 Å². The van der Waals surface area contributed by atoms with E-state index in [4.69, 9.17) is 4.42 Å². The van der Waals surface area contributed by atoms with Crippen LogP contribution in [0.2, 0.25) is 0 Å². The van der Waals surface area contributed by atoms with Gasteiger partial charge in [-0.1, -0.05) is 6.92 Å². The lowest BCUT2D eigenvalue weighted by molar-refractivity contribution is 0.445. The van der Waals surface area contributed by atoms with Crippen molar-refractivity contribution in [2.24, 2.45) is 0 Å². The molecule has 0 bridgehead atoms. The smallest absolute Gasteiger partial charge is 0.125 e. The van der Waals surface area contributed by atoms with E-state index < -0.39 is 0 Å². The highest BCUT2D eigenvalue weighted by Crippen LogP contribution is 2.20. The van der Waals surface area contributed by atoms with Gasteiger partial charge in [0.25, 0.3) is 0 Å². The van der Waals surface area contributed by atoms with E-state index in [1.165, 1.54) is 6.33 Å². The number of rotatable bonds is 5. The Bertz CT molecular complexity index is 399. The molecule has 2 aromatic rings. The molecule has 2 aromatic heterocycles. The maximum absolute atomic E-state index is 5.43. The Kier molecular flexibility index (Phi) is 3.66. The third kappa shape index (κ3) is 2.46. The average Bonchev–Trinajstić information content (AvgIpc) is 2.85. The zero-order valence-corrected chi connectivity index (χ0v) is 9.26. The Morgan fingerprint density at radius 2 is 2.19 bits per heavy atom. The fourth-order valence-corrected chi connectivity index (χ4v) is 1.59. The van der Waals surface area contributed by atoms with Crippen molar-refractivity contribution in [3.63, 3.8) is 0 Å². The summed E-state index contributed by atoms with van der Waals surface area (Å²) in [6.45, 7) is 3.06. The van der Waals surface area contributed by atoms with Crippen LogP contribution in [0.25, 0.3) is 0 Å². The molecule has 0 aliphatic carbocycles. The van der Waals surface area contributed by atoms with E-state index in [1.807, 2.05) is 24.5 Å². The van der Waals surface area contributed by atoms with Crippen LogP contribution in [0.1, 0.15) is 30.7 Å². The fourth-order valence-electron chi connectivity index (χ4n) is 1.59. The zero-order valence-electron chi connectivity index (χ0n) is 9.26. The minimum Gasteiger partial charge on any atom is -0.467 e. The van der Waals surface area contributed by atoms with Crippen LogP contribution >= 0.6 is 0 Å². The van der Waals surface area contributed by atoms with E-state index in [9.17, 15) is 0 Å². The molecule has 1 atom stereocenters. The molecular weight excluding hydrogens is 202 g/mol. The third-order valence-corrected chi connectivity index (χ3v) is 2.34. The van der Waals surface area contributed by atoms with E-state index in [-0.39, 0.29) is 6.04 Å². The highest BCUT2D eigenvalue weighted by molar-refractivity contribution is 5.21. The first-order valence-corrected chi connectivity index (χ1v) is 5.43. The Hall–Kier alpha value is -1.68. The predicted molar refractivity (Wildman–Crippen MR) is 60.9 cm³/mol. The van der Waals surface area contributed by atoms with E-state index in [2.05, 4.69) is 22.2 Å². The second kappa shape index (κ2) is 5.42. The molecule has 1 unspecified atom stereocenters. The molecule has 0 saturated carbocycles. The van der Waals surface area contributed by atoms with Gasteiger partial charge in [0.05, 0.1) is 12.3 Å². The molecule has 2 rings (SSSR count). The average molecular weight is 217 g/mol. The van der Waals surface area contributed by atoms with Crippen LogP contribution < -0.4 is 5.32 Å². The molecule has 0 fully saturated rings. The molecule has 0 spiro atoms. The molecule has 0 saturated heterocycles. The van der Waals surface area contributed by atoms with Crippen LogP contribution in [0.3, 0.4) is 0 Å². The van der Waals surface area contributed by atoms with Crippen LogP contribution in [-0.4, -0.2) is 16.5 Å². The maximum Gasteiger partial charge on any atom is 0.125 e. The molecule has 0 aliphatic rings. The summed E-state index contributed by atoms with van der Waals surface area (Å²) in [7, 11) is 0. The van der Waals surface area contributed by atoms with Gasteiger partial charge in [0.2, 0.25) is 0 Å². The first-order chi connectivity index (χ1) is 7.92. The SMILES string of the molecule is CCCNC(c1cncnc1)c1ccco1. The molecule has 4 nitrogen and oxygen atoms in total. The molecule has 0 amide bonds. The summed E-state index contributed by atoms with van der Waals surface area (Å²) in [6, 6.07) is 3.89. The van der Waals surface area contributed by atoms with Crippen LogP contribution in [0.15, 0.2) is 41.5 Å². The topological polar surface area (TPSA) is 51.0 Å². The van der Waals surface area contributed by atoms with Crippen LogP contribution in [0.4, 0.5) is 0 Å². The predicted octanol–water partition coefficient (Wildman–Crippen LogP) is 2.16. The second-order valence-electron chi connectivity index (χ2n) is 3.57. The number of furan rings is 1. The van der Waals surface area contributed by atoms with Crippen molar-refractivity contribution in [3.8, 4) is 0 Å². The summed E-state index contributed by atoms with van der Waals surface area (Å²) in [5, 5.41) is 3.41. The van der Waals surface area contributed by atoms with E-state index in [0.29, 0.717) is 0 Å². The monoisotopic (exact) mass is 217 g/mol. The van der Waals surface area contributed by atoms with Gasteiger partial charge < -0.3 is 9.73 Å². The van der Waals surface area contributed by atoms with Gasteiger partial charge in [0, 0.05) is 18.0 Å². The molecule has 0 aliphatic heterocycles. The lowest BCUT2D eigenvalue weighted by atomic mass is 10.1. The molecule has 4 heteroatoms. The molecule has 0 aromatic carbocycles. The number of aromatic nitrogens is 2. The summed E-state index contributed by atoms with van der Waals surface area (Å²) in [6.07, 6.45) is 7.90. The van der Waals surface area contributed by atoms with Crippen molar-refractivity contribution in [2.45, 2.75) is 19.4 Å². The molecular formula is C12H15N3O. The minimum absolute atomic E-state index is 0.0381. The highest BCUT2D eigenvalue weighted by Gasteiger charge is 2.15. The summed E-state index contributed by atoms with van der Waals surface area (Å²) in [4.78, 5) is 8.06. The quantitative estimate of drug-likeness (QED) is 0.833. The summed E-state index contributed by atoms with van der Waals surface area (Å²) in [5.74, 6) is 0.892. The van der Waals surface area contributed by atoms with Crippen molar-refractivity contribution in [1.29, 1.82) is 0 Å². The molecule has 0 radical (unpaired) electrons. The van der Waals surface area contributed by atoms with Crippen molar-refractivity contribution < 1.29 is 4.42 Å². The lowest BCUT2D eigenvalue weighted by Crippen LogP contribution is -2.23. The normalized spacial score (nSPS) is 12.6. The van der Waals surface area contributed by atoms with E-state index in [1.54, 1.807) is 6.26 Å². The third-order valence-electron chi connectivity index (χ3n) is 2.34. The summed E-state index contributed by atoms with van der Waals surface area (Å²) in [5.41, 5.74) is 1.02. The lowest BCUT2D eigenvalue weighted by Gasteiger charge is -2.15. The Balaban J connectivity index is 2.21. The Labute approximate surface area is 94.7 Å². The van der Waals surface area contributed by atoms with Crippen molar-refractivity contribution in [1.82, 2.24) is 15.3 Å². The fraction of sp³-hybridized carbons (Fsp3) is 0.333. The first-order valence-electron chi connectivity index (χ1n) is 5.43. The number of hydrogen-bond donors (Lipinski definition) is 1. The molecule has 1 N–H and O–H groups in total. The molecule has 84 valence electrons. The van der Waals surface area contributed by atoms with Gasteiger partial charge in [-0.05, 0) is 25.1 Å². The highest BCUT2D eigenvalue weighted by atomic mass is 16.3. The van der Waals surface area contributed by atoms with Crippen LogP contribution in [0, 0.1) is 0 Å². The zero-order chi connectivity index (χ0) is 11.2. The van der Waals surface area contributed by atoms with Gasteiger partial charge in [-0.2, -0.15) is 0 Å². The van der Waals surface area contributed by atoms with Gasteiger partial charge in [0.15, 0.2) is 0 Å². The Morgan fingerprint density at radius 3 is 2.81 bits per heavy atom. The summed E-state index contributed by atoms with van der Waals surface area (Å²) >= 11 is 0. The Morgan fingerprint density at radius 1 is 1.38 bits per heavy atom. The number of nitrogens with zero attached hydrogens (tertiary/aromatic N) is 2. The van der Waals surface area contributed by atoms with Gasteiger partial charge in [-0.15, -0.1) is 0 Å². The molecule has 2 heterocycles. The standard InChI is InChI=1S/C12H15N3O/c1-2-5-15-12(11-4-3-6-16-11)10-7-13-9-14-8-10/h3-4,6-9,12,15H,2,5H2,1H3. The van der Waals surface area contributed by atoms with Gasteiger partial charge >= 0.3 is 0 Å². The number of hydrogen-bond acceptors (Lipinski definition) is 4. The van der Waals surface area contributed by atoms with Crippen molar-refractivity contribution >= 4 is 0 Å². The largest absolute Gasteiger partial charge is 0.467 e. The maximum atomic E-state index is 5.43.